The fourth-order valence-electron chi connectivity index (χ4n) is 4.78. The maximum absolute atomic E-state index is 13.5. The summed E-state index contributed by atoms with van der Waals surface area (Å²) in [6.45, 7) is 4.37. The van der Waals surface area contributed by atoms with Crippen molar-refractivity contribution >= 4 is 24.2 Å². The Morgan fingerprint density at radius 2 is 1.60 bits per heavy atom. The first-order valence-corrected chi connectivity index (χ1v) is 10.4. The van der Waals surface area contributed by atoms with Gasteiger partial charge < -0.3 is 15.5 Å². The van der Waals surface area contributed by atoms with Crippen LogP contribution in [0.5, 0.6) is 0 Å². The van der Waals surface area contributed by atoms with Gasteiger partial charge in [-0.15, -0.1) is 12.4 Å². The molecule has 2 aromatic rings. The van der Waals surface area contributed by atoms with Gasteiger partial charge in [0.05, 0.1) is 5.41 Å². The average molecular weight is 428 g/mol. The van der Waals surface area contributed by atoms with Gasteiger partial charge in [0.1, 0.15) is 0 Å². The topological polar surface area (TPSA) is 66.6 Å². The number of rotatable bonds is 3. The summed E-state index contributed by atoms with van der Waals surface area (Å²) in [5, 5.41) is 0. The van der Waals surface area contributed by atoms with Crippen LogP contribution in [0.2, 0.25) is 0 Å². The molecule has 4 rings (SSSR count). The second kappa shape index (κ2) is 9.19. The molecule has 0 aromatic heterocycles. The van der Waals surface area contributed by atoms with Crippen molar-refractivity contribution < 1.29 is 9.59 Å². The zero-order valence-electron chi connectivity index (χ0n) is 17.4. The SMILES string of the molecule is CC1(C(=O)N2C[C@@H](N)[C@H](c3ccccc3)C2)CCCN(C(=O)c2ccccc2)C1.Cl. The van der Waals surface area contributed by atoms with Crippen molar-refractivity contribution in [3.05, 3.63) is 71.8 Å². The summed E-state index contributed by atoms with van der Waals surface area (Å²) in [4.78, 5) is 30.1. The minimum atomic E-state index is -0.562. The predicted octanol–water partition coefficient (Wildman–Crippen LogP) is 3.30. The fraction of sp³-hybridized carbons (Fsp3) is 0.417. The van der Waals surface area contributed by atoms with Gasteiger partial charge in [0.25, 0.3) is 5.91 Å². The molecule has 2 fully saturated rings. The summed E-state index contributed by atoms with van der Waals surface area (Å²) < 4.78 is 0. The van der Waals surface area contributed by atoms with E-state index in [9.17, 15) is 9.59 Å². The fourth-order valence-corrected chi connectivity index (χ4v) is 4.78. The predicted molar refractivity (Wildman–Crippen MR) is 121 cm³/mol. The van der Waals surface area contributed by atoms with Gasteiger partial charge in [-0.25, -0.2) is 0 Å². The molecule has 0 bridgehead atoms. The summed E-state index contributed by atoms with van der Waals surface area (Å²) in [6.07, 6.45) is 1.63. The molecule has 1 unspecified atom stereocenters. The third kappa shape index (κ3) is 4.37. The first-order valence-electron chi connectivity index (χ1n) is 10.4. The van der Waals surface area contributed by atoms with Gasteiger partial charge in [-0.05, 0) is 37.5 Å². The highest BCUT2D eigenvalue weighted by molar-refractivity contribution is 5.95. The number of hydrogen-bond acceptors (Lipinski definition) is 3. The van der Waals surface area contributed by atoms with E-state index in [-0.39, 0.29) is 36.2 Å². The molecular formula is C24H30ClN3O2. The number of piperidine rings is 1. The lowest BCUT2D eigenvalue weighted by atomic mass is 9.80. The maximum Gasteiger partial charge on any atom is 0.253 e. The highest BCUT2D eigenvalue weighted by Gasteiger charge is 2.45. The van der Waals surface area contributed by atoms with E-state index in [0.717, 1.165) is 12.8 Å². The average Bonchev–Trinajstić information content (AvgIpc) is 3.15. The molecule has 5 nitrogen and oxygen atoms in total. The second-order valence-corrected chi connectivity index (χ2v) is 8.65. The second-order valence-electron chi connectivity index (χ2n) is 8.65. The molecule has 2 saturated heterocycles. The lowest BCUT2D eigenvalue weighted by Gasteiger charge is -2.41. The van der Waals surface area contributed by atoms with E-state index in [2.05, 4.69) is 12.1 Å². The molecule has 2 amide bonds. The third-order valence-corrected chi connectivity index (χ3v) is 6.40. The molecule has 160 valence electrons. The Hall–Kier alpha value is -2.37. The molecule has 2 heterocycles. The Balaban J connectivity index is 0.00000256. The van der Waals surface area contributed by atoms with E-state index >= 15 is 0 Å². The van der Waals surface area contributed by atoms with Crippen molar-refractivity contribution in [1.82, 2.24) is 9.80 Å². The monoisotopic (exact) mass is 427 g/mol. The Morgan fingerprint density at radius 1 is 0.967 bits per heavy atom. The van der Waals surface area contributed by atoms with Gasteiger partial charge in [-0.1, -0.05) is 48.5 Å². The number of benzene rings is 2. The van der Waals surface area contributed by atoms with E-state index in [1.807, 2.05) is 65.3 Å². The summed E-state index contributed by atoms with van der Waals surface area (Å²) in [5.41, 5.74) is 7.71. The van der Waals surface area contributed by atoms with Crippen LogP contribution >= 0.6 is 12.4 Å². The van der Waals surface area contributed by atoms with Crippen LogP contribution in [0.4, 0.5) is 0 Å². The first-order chi connectivity index (χ1) is 14.0. The number of likely N-dealkylation sites (tertiary alicyclic amines) is 2. The van der Waals surface area contributed by atoms with Gasteiger partial charge in [-0.2, -0.15) is 0 Å². The standard InChI is InChI=1S/C24H29N3O2.ClH/c1-24(13-8-14-26(17-24)22(28)19-11-6-3-7-12-19)23(29)27-15-20(21(25)16-27)18-9-4-2-5-10-18;/h2-7,9-12,20-21H,8,13-17,25H2,1H3;1H/t20-,21+,24?;/m0./s1. The Bertz CT molecular complexity index is 877. The molecule has 0 saturated carbocycles. The van der Waals surface area contributed by atoms with Crippen LogP contribution in [-0.4, -0.2) is 53.8 Å². The minimum Gasteiger partial charge on any atom is -0.340 e. The number of carbonyl (C=O) groups is 2. The quantitative estimate of drug-likeness (QED) is 0.817. The molecule has 0 spiro atoms. The van der Waals surface area contributed by atoms with Crippen LogP contribution in [0.15, 0.2) is 60.7 Å². The molecule has 0 radical (unpaired) electrons. The molecular weight excluding hydrogens is 398 g/mol. The largest absolute Gasteiger partial charge is 0.340 e. The number of carbonyl (C=O) groups excluding carboxylic acids is 2. The van der Waals surface area contributed by atoms with Crippen molar-refractivity contribution in [3.63, 3.8) is 0 Å². The summed E-state index contributed by atoms with van der Waals surface area (Å²) in [7, 11) is 0. The van der Waals surface area contributed by atoms with Gasteiger partial charge in [0, 0.05) is 43.7 Å². The van der Waals surface area contributed by atoms with Crippen molar-refractivity contribution in [2.75, 3.05) is 26.2 Å². The first kappa shape index (κ1) is 22.3. The van der Waals surface area contributed by atoms with Crippen LogP contribution in [0.3, 0.4) is 0 Å². The van der Waals surface area contributed by atoms with Crippen molar-refractivity contribution in [2.24, 2.45) is 11.1 Å². The zero-order chi connectivity index (χ0) is 20.4. The van der Waals surface area contributed by atoms with Crippen LogP contribution < -0.4 is 5.73 Å². The minimum absolute atomic E-state index is 0. The molecule has 6 heteroatoms. The Labute approximate surface area is 184 Å². The van der Waals surface area contributed by atoms with E-state index in [4.69, 9.17) is 5.73 Å². The molecule has 2 N–H and O–H groups in total. The van der Waals surface area contributed by atoms with Gasteiger partial charge >= 0.3 is 0 Å². The van der Waals surface area contributed by atoms with Crippen LogP contribution in [0, 0.1) is 5.41 Å². The highest BCUT2D eigenvalue weighted by atomic mass is 35.5. The van der Waals surface area contributed by atoms with Crippen LogP contribution in [0.1, 0.15) is 41.6 Å². The molecule has 2 aliphatic rings. The number of nitrogens with two attached hydrogens (primary N) is 1. The lowest BCUT2D eigenvalue weighted by Crippen LogP contribution is -2.52. The van der Waals surface area contributed by atoms with E-state index < -0.39 is 5.41 Å². The van der Waals surface area contributed by atoms with Gasteiger partial charge in [-0.3, -0.25) is 9.59 Å². The maximum atomic E-state index is 13.5. The molecule has 2 aliphatic heterocycles. The van der Waals surface area contributed by atoms with E-state index in [1.54, 1.807) is 0 Å². The zero-order valence-corrected chi connectivity index (χ0v) is 18.2. The summed E-state index contributed by atoms with van der Waals surface area (Å²) in [5.74, 6) is 0.288. The Morgan fingerprint density at radius 3 is 2.27 bits per heavy atom. The van der Waals surface area contributed by atoms with Crippen molar-refractivity contribution in [1.29, 1.82) is 0 Å². The number of nitrogens with zero attached hydrogens (tertiary/aromatic N) is 2. The number of hydrogen-bond donors (Lipinski definition) is 1. The third-order valence-electron chi connectivity index (χ3n) is 6.40. The lowest BCUT2D eigenvalue weighted by molar-refractivity contribution is -0.142. The highest BCUT2D eigenvalue weighted by Crippen LogP contribution is 2.35. The normalized spacial score (nSPS) is 26.2. The van der Waals surface area contributed by atoms with Gasteiger partial charge in [0.2, 0.25) is 5.91 Å². The smallest absolute Gasteiger partial charge is 0.253 e. The van der Waals surface area contributed by atoms with Crippen molar-refractivity contribution in [3.8, 4) is 0 Å². The van der Waals surface area contributed by atoms with E-state index in [1.165, 1.54) is 5.56 Å². The summed E-state index contributed by atoms with van der Waals surface area (Å²) in [6, 6.07) is 19.4. The molecule has 3 atom stereocenters. The molecule has 0 aliphatic carbocycles. The van der Waals surface area contributed by atoms with Gasteiger partial charge in [0.15, 0.2) is 0 Å². The number of amides is 2. The Kier molecular flexibility index (Phi) is 6.84. The van der Waals surface area contributed by atoms with Crippen LogP contribution in [-0.2, 0) is 4.79 Å². The number of halogens is 1. The summed E-state index contributed by atoms with van der Waals surface area (Å²) >= 11 is 0. The van der Waals surface area contributed by atoms with Crippen LogP contribution in [0.25, 0.3) is 0 Å². The van der Waals surface area contributed by atoms with Crippen molar-refractivity contribution in [2.45, 2.75) is 31.7 Å². The molecule has 30 heavy (non-hydrogen) atoms. The van der Waals surface area contributed by atoms with E-state index in [0.29, 0.717) is 31.7 Å². The molecule has 2 aromatic carbocycles.